The highest BCUT2D eigenvalue weighted by Gasteiger charge is 2.18. The molecule has 1 heterocycles. The smallest absolute Gasteiger partial charge is 0.291 e. The Morgan fingerprint density at radius 2 is 1.62 bits per heavy atom. The molecule has 0 aliphatic carbocycles. The lowest BCUT2D eigenvalue weighted by Gasteiger charge is -2.22. The molecule has 0 radical (unpaired) electrons. The molecule has 1 aromatic heterocycles. The van der Waals surface area contributed by atoms with Gasteiger partial charge in [-0.1, -0.05) is 18.2 Å². The molecule has 0 unspecified atom stereocenters. The molecule has 7 heteroatoms. The Hall–Kier alpha value is -3.87. The lowest BCUT2D eigenvalue weighted by molar-refractivity contribution is 0.0751. The van der Waals surface area contributed by atoms with Crippen LogP contribution in [0.25, 0.3) is 0 Å². The maximum atomic E-state index is 13.2. The maximum absolute atomic E-state index is 13.2. The first-order valence-electron chi connectivity index (χ1n) is 10.4. The molecule has 0 atom stereocenters. The number of aryl methyl sites for hydroxylation is 1. The van der Waals surface area contributed by atoms with Gasteiger partial charge in [0.2, 0.25) is 0 Å². The van der Waals surface area contributed by atoms with E-state index in [1.807, 2.05) is 26.0 Å². The Morgan fingerprint density at radius 1 is 0.938 bits per heavy atom. The number of furan rings is 1. The van der Waals surface area contributed by atoms with Gasteiger partial charge in [-0.3, -0.25) is 14.4 Å². The third-order valence-corrected chi connectivity index (χ3v) is 5.13. The topological polar surface area (TPSA) is 82.9 Å². The van der Waals surface area contributed by atoms with E-state index in [-0.39, 0.29) is 23.5 Å². The van der Waals surface area contributed by atoms with Crippen molar-refractivity contribution in [2.24, 2.45) is 0 Å². The summed E-state index contributed by atoms with van der Waals surface area (Å²) in [6, 6.07) is 15.7. The van der Waals surface area contributed by atoms with Crippen molar-refractivity contribution in [3.05, 3.63) is 88.9 Å². The molecule has 7 nitrogen and oxygen atoms in total. The number of amides is 3. The molecule has 1 N–H and O–H groups in total. The molecule has 166 valence electrons. The summed E-state index contributed by atoms with van der Waals surface area (Å²) in [5.74, 6) is -0.381. The second kappa shape index (κ2) is 9.96. The quantitative estimate of drug-likeness (QED) is 0.605. The first kappa shape index (κ1) is 22.8. The predicted octanol–water partition coefficient (Wildman–Crippen LogP) is 4.20. The van der Waals surface area contributed by atoms with Crippen LogP contribution in [0.1, 0.15) is 49.3 Å². The molecule has 3 aromatic rings. The summed E-state index contributed by atoms with van der Waals surface area (Å²) in [5, 5.41) is 2.80. The van der Waals surface area contributed by atoms with Gasteiger partial charge in [0.05, 0.1) is 6.26 Å². The summed E-state index contributed by atoms with van der Waals surface area (Å²) < 4.78 is 5.13. The van der Waals surface area contributed by atoms with Gasteiger partial charge in [0.25, 0.3) is 17.7 Å². The van der Waals surface area contributed by atoms with Crippen molar-refractivity contribution in [3.8, 4) is 0 Å². The third-order valence-electron chi connectivity index (χ3n) is 5.13. The molecule has 2 aromatic carbocycles. The highest BCUT2D eigenvalue weighted by atomic mass is 16.3. The van der Waals surface area contributed by atoms with Gasteiger partial charge in [-0.15, -0.1) is 0 Å². The van der Waals surface area contributed by atoms with E-state index in [0.717, 1.165) is 11.1 Å². The fraction of sp³-hybridized carbons (Fsp3) is 0.240. The first-order valence-corrected chi connectivity index (χ1v) is 10.4. The van der Waals surface area contributed by atoms with Crippen molar-refractivity contribution in [2.45, 2.75) is 20.4 Å². The molecule has 32 heavy (non-hydrogen) atoms. The molecular weight excluding hydrogens is 406 g/mol. The standard InChI is InChI=1S/C25H27N3O4/c1-5-28(16-18-9-12-19(13-10-18)24(30)27(3)4)25(31)20-11-8-17(2)21(15-20)26-23(29)22-7-6-14-32-22/h6-15H,5,16H2,1-4H3,(H,26,29). The number of hydrogen-bond donors (Lipinski definition) is 1. The number of nitrogens with zero attached hydrogens (tertiary/aromatic N) is 2. The molecule has 0 saturated carbocycles. The van der Waals surface area contributed by atoms with E-state index < -0.39 is 0 Å². The number of hydrogen-bond acceptors (Lipinski definition) is 4. The van der Waals surface area contributed by atoms with Crippen molar-refractivity contribution in [1.29, 1.82) is 0 Å². The van der Waals surface area contributed by atoms with Crippen LogP contribution in [0.15, 0.2) is 65.3 Å². The maximum Gasteiger partial charge on any atom is 0.291 e. The molecule has 0 fully saturated rings. The van der Waals surface area contributed by atoms with Crippen LogP contribution in [0.5, 0.6) is 0 Å². The van der Waals surface area contributed by atoms with Crippen LogP contribution in [0, 0.1) is 6.92 Å². The number of nitrogens with one attached hydrogen (secondary N) is 1. The molecule has 0 saturated heterocycles. The Balaban J connectivity index is 1.75. The van der Waals surface area contributed by atoms with Gasteiger partial charge in [-0.25, -0.2) is 0 Å². The van der Waals surface area contributed by atoms with Crippen molar-refractivity contribution in [2.75, 3.05) is 26.0 Å². The van der Waals surface area contributed by atoms with E-state index >= 15 is 0 Å². The lowest BCUT2D eigenvalue weighted by Crippen LogP contribution is -2.30. The largest absolute Gasteiger partial charge is 0.459 e. The minimum atomic E-state index is -0.373. The minimum Gasteiger partial charge on any atom is -0.459 e. The number of carbonyl (C=O) groups excluding carboxylic acids is 3. The number of rotatable bonds is 7. The molecular formula is C25H27N3O4. The van der Waals surface area contributed by atoms with Crippen LogP contribution in [-0.4, -0.2) is 48.2 Å². The number of anilines is 1. The zero-order valence-electron chi connectivity index (χ0n) is 18.7. The molecule has 0 aliphatic rings. The van der Waals surface area contributed by atoms with E-state index in [1.165, 1.54) is 11.2 Å². The van der Waals surface area contributed by atoms with Crippen LogP contribution in [0.3, 0.4) is 0 Å². The fourth-order valence-electron chi connectivity index (χ4n) is 3.22. The van der Waals surface area contributed by atoms with Gasteiger partial charge in [-0.2, -0.15) is 0 Å². The fourth-order valence-corrected chi connectivity index (χ4v) is 3.22. The Kier molecular flexibility index (Phi) is 7.10. The minimum absolute atomic E-state index is 0.0660. The Bertz CT molecular complexity index is 1100. The monoisotopic (exact) mass is 433 g/mol. The van der Waals surface area contributed by atoms with E-state index in [0.29, 0.717) is 29.9 Å². The van der Waals surface area contributed by atoms with Crippen LogP contribution in [-0.2, 0) is 6.54 Å². The summed E-state index contributed by atoms with van der Waals surface area (Å²) in [7, 11) is 3.42. The van der Waals surface area contributed by atoms with E-state index in [9.17, 15) is 14.4 Å². The van der Waals surface area contributed by atoms with Crippen molar-refractivity contribution in [1.82, 2.24) is 9.80 Å². The van der Waals surface area contributed by atoms with Crippen LogP contribution >= 0.6 is 0 Å². The summed E-state index contributed by atoms with van der Waals surface area (Å²) in [4.78, 5) is 40.8. The number of benzene rings is 2. The van der Waals surface area contributed by atoms with Gasteiger partial charge in [-0.05, 0) is 61.4 Å². The third kappa shape index (κ3) is 5.24. The average Bonchev–Trinajstić information content (AvgIpc) is 3.33. The van der Waals surface area contributed by atoms with Crippen molar-refractivity contribution >= 4 is 23.4 Å². The second-order valence-corrected chi connectivity index (χ2v) is 7.68. The lowest BCUT2D eigenvalue weighted by atomic mass is 10.1. The molecule has 3 amide bonds. The van der Waals surface area contributed by atoms with Crippen molar-refractivity contribution in [3.63, 3.8) is 0 Å². The van der Waals surface area contributed by atoms with Gasteiger partial charge >= 0.3 is 0 Å². The number of carbonyl (C=O) groups is 3. The normalized spacial score (nSPS) is 10.5. The van der Waals surface area contributed by atoms with Crippen LogP contribution in [0.2, 0.25) is 0 Å². The zero-order chi connectivity index (χ0) is 23.3. The van der Waals surface area contributed by atoms with E-state index in [2.05, 4.69) is 5.32 Å². The summed E-state index contributed by atoms with van der Waals surface area (Å²) in [5.41, 5.74) is 3.40. The first-order chi connectivity index (χ1) is 15.3. The zero-order valence-corrected chi connectivity index (χ0v) is 18.7. The second-order valence-electron chi connectivity index (χ2n) is 7.68. The Labute approximate surface area is 187 Å². The van der Waals surface area contributed by atoms with Crippen LogP contribution < -0.4 is 5.32 Å². The van der Waals surface area contributed by atoms with Crippen molar-refractivity contribution < 1.29 is 18.8 Å². The van der Waals surface area contributed by atoms with Gasteiger partial charge in [0.1, 0.15) is 0 Å². The van der Waals surface area contributed by atoms with Crippen LogP contribution in [0.4, 0.5) is 5.69 Å². The molecule has 3 rings (SSSR count). The van der Waals surface area contributed by atoms with E-state index in [1.54, 1.807) is 61.5 Å². The highest BCUT2D eigenvalue weighted by molar-refractivity contribution is 6.04. The van der Waals surface area contributed by atoms with Gasteiger partial charge < -0.3 is 19.5 Å². The van der Waals surface area contributed by atoms with Gasteiger partial charge in [0.15, 0.2) is 5.76 Å². The molecule has 0 bridgehead atoms. The Morgan fingerprint density at radius 3 is 2.22 bits per heavy atom. The SMILES string of the molecule is CCN(Cc1ccc(C(=O)N(C)C)cc1)C(=O)c1ccc(C)c(NC(=O)c2ccco2)c1. The van der Waals surface area contributed by atoms with E-state index in [4.69, 9.17) is 4.42 Å². The highest BCUT2D eigenvalue weighted by Crippen LogP contribution is 2.20. The summed E-state index contributed by atoms with van der Waals surface area (Å²) in [6.07, 6.45) is 1.43. The summed E-state index contributed by atoms with van der Waals surface area (Å²) >= 11 is 0. The predicted molar refractivity (Wildman–Crippen MR) is 123 cm³/mol. The average molecular weight is 434 g/mol. The van der Waals surface area contributed by atoms with Gasteiger partial charge in [0, 0.05) is 44.0 Å². The summed E-state index contributed by atoms with van der Waals surface area (Å²) in [6.45, 7) is 4.70. The molecule has 0 spiro atoms. The molecule has 0 aliphatic heterocycles.